The SMILES string of the molecule is CC(C)(C(N)=O)N1C(=O)NC(=O)C2(CC2)C1=O. The molecule has 7 nitrogen and oxygen atoms in total. The van der Waals surface area contributed by atoms with Gasteiger partial charge < -0.3 is 5.73 Å². The van der Waals surface area contributed by atoms with E-state index in [1.807, 2.05) is 0 Å². The van der Waals surface area contributed by atoms with Crippen molar-refractivity contribution in [1.82, 2.24) is 10.2 Å². The summed E-state index contributed by atoms with van der Waals surface area (Å²) >= 11 is 0. The number of hydrogen-bond donors (Lipinski definition) is 2. The fourth-order valence-corrected chi connectivity index (χ4v) is 1.86. The fraction of sp³-hybridized carbons (Fsp3) is 0.600. The molecule has 0 radical (unpaired) electrons. The first-order valence-electron chi connectivity index (χ1n) is 5.23. The molecule has 1 spiro atoms. The Morgan fingerprint density at radius 3 is 2.29 bits per heavy atom. The molecule has 7 heteroatoms. The van der Waals surface area contributed by atoms with Gasteiger partial charge in [0, 0.05) is 0 Å². The molecule has 92 valence electrons. The number of urea groups is 1. The molecule has 0 unspecified atom stereocenters. The van der Waals surface area contributed by atoms with Crippen molar-refractivity contribution in [1.29, 1.82) is 0 Å². The van der Waals surface area contributed by atoms with Crippen LogP contribution < -0.4 is 11.1 Å². The molecule has 0 aromatic heterocycles. The summed E-state index contributed by atoms with van der Waals surface area (Å²) in [6.07, 6.45) is 0.798. The molecule has 1 heterocycles. The summed E-state index contributed by atoms with van der Waals surface area (Å²) in [5, 5.41) is 2.09. The number of nitrogens with one attached hydrogen (secondary N) is 1. The minimum absolute atomic E-state index is 0.399. The Hall–Kier alpha value is -1.92. The normalized spacial score (nSPS) is 22.7. The first kappa shape index (κ1) is 11.6. The van der Waals surface area contributed by atoms with Crippen LogP contribution in [0.2, 0.25) is 0 Å². The van der Waals surface area contributed by atoms with E-state index >= 15 is 0 Å². The number of nitrogens with two attached hydrogens (primary N) is 1. The number of rotatable bonds is 2. The van der Waals surface area contributed by atoms with Crippen molar-refractivity contribution in [3.8, 4) is 0 Å². The van der Waals surface area contributed by atoms with Crippen LogP contribution in [0.15, 0.2) is 0 Å². The lowest BCUT2D eigenvalue weighted by Gasteiger charge is -2.39. The summed E-state index contributed by atoms with van der Waals surface area (Å²) in [6.45, 7) is 2.75. The summed E-state index contributed by atoms with van der Waals surface area (Å²) in [4.78, 5) is 47.4. The molecule has 1 aliphatic carbocycles. The van der Waals surface area contributed by atoms with Crippen molar-refractivity contribution in [2.45, 2.75) is 32.2 Å². The van der Waals surface area contributed by atoms with Crippen molar-refractivity contribution >= 4 is 23.8 Å². The summed E-state index contributed by atoms with van der Waals surface area (Å²) in [5.41, 5.74) is 2.57. The maximum Gasteiger partial charge on any atom is 0.331 e. The van der Waals surface area contributed by atoms with Crippen LogP contribution in [-0.4, -0.2) is 34.2 Å². The Morgan fingerprint density at radius 2 is 1.88 bits per heavy atom. The van der Waals surface area contributed by atoms with E-state index in [0.29, 0.717) is 12.8 Å². The number of carbonyl (C=O) groups excluding carboxylic acids is 4. The lowest BCUT2D eigenvalue weighted by atomic mass is 9.95. The van der Waals surface area contributed by atoms with Gasteiger partial charge in [-0.25, -0.2) is 9.69 Å². The minimum Gasteiger partial charge on any atom is -0.368 e. The summed E-state index contributed by atoms with van der Waals surface area (Å²) in [7, 11) is 0. The van der Waals surface area contributed by atoms with Crippen molar-refractivity contribution < 1.29 is 19.2 Å². The predicted molar refractivity (Wildman–Crippen MR) is 55.3 cm³/mol. The molecule has 2 fully saturated rings. The van der Waals surface area contributed by atoms with E-state index in [1.165, 1.54) is 13.8 Å². The number of primary amides is 1. The number of hydrogen-bond acceptors (Lipinski definition) is 4. The van der Waals surface area contributed by atoms with Crippen LogP contribution in [0, 0.1) is 5.41 Å². The molecule has 0 aromatic carbocycles. The molecular formula is C10H13N3O4. The highest BCUT2D eigenvalue weighted by Gasteiger charge is 2.64. The van der Waals surface area contributed by atoms with Gasteiger partial charge in [-0.2, -0.15) is 0 Å². The number of barbiturate groups is 1. The van der Waals surface area contributed by atoms with Gasteiger partial charge in [0.2, 0.25) is 17.7 Å². The monoisotopic (exact) mass is 239 g/mol. The van der Waals surface area contributed by atoms with Crippen LogP contribution in [0.3, 0.4) is 0 Å². The zero-order valence-electron chi connectivity index (χ0n) is 9.57. The van der Waals surface area contributed by atoms with Gasteiger partial charge in [-0.15, -0.1) is 0 Å². The minimum atomic E-state index is -1.45. The number of carbonyl (C=O) groups is 4. The summed E-state index contributed by atoms with van der Waals surface area (Å²) in [5.74, 6) is -2.01. The van der Waals surface area contributed by atoms with Gasteiger partial charge in [-0.05, 0) is 26.7 Å². The highest BCUT2D eigenvalue weighted by molar-refractivity contribution is 6.22. The smallest absolute Gasteiger partial charge is 0.331 e. The summed E-state index contributed by atoms with van der Waals surface area (Å²) < 4.78 is 0. The van der Waals surface area contributed by atoms with Crippen molar-refractivity contribution in [2.24, 2.45) is 11.1 Å². The zero-order valence-corrected chi connectivity index (χ0v) is 9.57. The van der Waals surface area contributed by atoms with Gasteiger partial charge in [-0.1, -0.05) is 0 Å². The van der Waals surface area contributed by atoms with E-state index in [4.69, 9.17) is 5.73 Å². The van der Waals surface area contributed by atoms with E-state index in [2.05, 4.69) is 5.32 Å². The Labute approximate surface area is 97.3 Å². The molecule has 0 bridgehead atoms. The number of amides is 5. The number of nitrogens with zero attached hydrogens (tertiary/aromatic N) is 1. The molecule has 0 atom stereocenters. The van der Waals surface area contributed by atoms with Gasteiger partial charge in [0.15, 0.2) is 0 Å². The Morgan fingerprint density at radius 1 is 1.35 bits per heavy atom. The standard InChI is InChI=1S/C10H13N3O4/c1-9(2,5(11)14)13-7(16)10(3-4-10)6(15)12-8(13)17/h3-4H2,1-2H3,(H2,11,14)(H,12,15,17). The Kier molecular flexibility index (Phi) is 2.08. The first-order chi connectivity index (χ1) is 7.73. The third-order valence-corrected chi connectivity index (χ3v) is 3.38. The second kappa shape index (κ2) is 3.06. The van der Waals surface area contributed by atoms with Crippen LogP contribution >= 0.6 is 0 Å². The van der Waals surface area contributed by atoms with Crippen LogP contribution in [0.1, 0.15) is 26.7 Å². The Bertz CT molecular complexity index is 450. The number of imide groups is 2. The second-order valence-corrected chi connectivity index (χ2v) is 4.91. The van der Waals surface area contributed by atoms with Crippen molar-refractivity contribution in [3.63, 3.8) is 0 Å². The highest BCUT2D eigenvalue weighted by Crippen LogP contribution is 2.49. The maximum absolute atomic E-state index is 12.1. The Balaban J connectivity index is 2.41. The quantitative estimate of drug-likeness (QED) is 0.609. The van der Waals surface area contributed by atoms with Gasteiger partial charge in [-0.3, -0.25) is 19.7 Å². The largest absolute Gasteiger partial charge is 0.368 e. The molecular weight excluding hydrogens is 226 g/mol. The maximum atomic E-state index is 12.1. The highest BCUT2D eigenvalue weighted by atomic mass is 16.2. The molecule has 2 rings (SSSR count). The third kappa shape index (κ3) is 1.35. The predicted octanol–water partition coefficient (Wildman–Crippen LogP) is -0.891. The van der Waals surface area contributed by atoms with Gasteiger partial charge >= 0.3 is 6.03 Å². The van der Waals surface area contributed by atoms with E-state index in [9.17, 15) is 19.2 Å². The van der Waals surface area contributed by atoms with Gasteiger partial charge in [0.05, 0.1) is 0 Å². The lowest BCUT2D eigenvalue weighted by molar-refractivity contribution is -0.151. The molecule has 3 N–H and O–H groups in total. The van der Waals surface area contributed by atoms with E-state index in [0.717, 1.165) is 4.90 Å². The van der Waals surface area contributed by atoms with E-state index < -0.39 is 34.7 Å². The van der Waals surface area contributed by atoms with E-state index in [-0.39, 0.29) is 0 Å². The van der Waals surface area contributed by atoms with Crippen LogP contribution in [0.4, 0.5) is 4.79 Å². The average molecular weight is 239 g/mol. The summed E-state index contributed by atoms with van der Waals surface area (Å²) in [6, 6.07) is -0.888. The van der Waals surface area contributed by atoms with Crippen LogP contribution in [0.25, 0.3) is 0 Å². The molecule has 2 aliphatic rings. The molecule has 17 heavy (non-hydrogen) atoms. The lowest BCUT2D eigenvalue weighted by Crippen LogP contribution is -2.68. The third-order valence-electron chi connectivity index (χ3n) is 3.38. The van der Waals surface area contributed by atoms with Gasteiger partial charge in [0.25, 0.3) is 0 Å². The van der Waals surface area contributed by atoms with Crippen LogP contribution in [0.5, 0.6) is 0 Å². The van der Waals surface area contributed by atoms with E-state index in [1.54, 1.807) is 0 Å². The topological polar surface area (TPSA) is 110 Å². The molecule has 0 aromatic rings. The molecule has 1 saturated heterocycles. The molecule has 5 amide bonds. The second-order valence-electron chi connectivity index (χ2n) is 4.91. The van der Waals surface area contributed by atoms with Crippen molar-refractivity contribution in [2.75, 3.05) is 0 Å². The van der Waals surface area contributed by atoms with Gasteiger partial charge in [0.1, 0.15) is 11.0 Å². The van der Waals surface area contributed by atoms with Crippen molar-refractivity contribution in [3.05, 3.63) is 0 Å². The molecule has 1 saturated carbocycles. The first-order valence-corrected chi connectivity index (χ1v) is 5.23. The molecule has 1 aliphatic heterocycles. The van der Waals surface area contributed by atoms with Crippen LogP contribution in [-0.2, 0) is 14.4 Å². The fourth-order valence-electron chi connectivity index (χ4n) is 1.86. The average Bonchev–Trinajstić information content (AvgIpc) is 2.95. The zero-order chi connectivity index (χ0) is 13.0.